The molecule has 2 aliphatic heterocycles. The number of hydrogen-bond donors (Lipinski definition) is 2. The first-order valence-corrected chi connectivity index (χ1v) is 5.56. The molecule has 2 heterocycles. The lowest BCUT2D eigenvalue weighted by Gasteiger charge is -2.27. The minimum atomic E-state index is 0.350. The first-order chi connectivity index (χ1) is 7.31. The minimum Gasteiger partial charge on any atom is -0.508 e. The number of rotatable bonds is 2. The lowest BCUT2D eigenvalue weighted by molar-refractivity contribution is 0.218. The molecule has 1 aromatic rings. The smallest absolute Gasteiger partial charge is 0.115 e. The van der Waals surface area contributed by atoms with Crippen molar-refractivity contribution >= 4 is 0 Å². The van der Waals surface area contributed by atoms with E-state index in [1.807, 2.05) is 12.1 Å². The number of piperazine rings is 1. The maximum atomic E-state index is 9.20. The second-order valence-electron chi connectivity index (χ2n) is 4.59. The lowest BCUT2D eigenvalue weighted by atomic mass is 10.2. The molecule has 0 spiro atoms. The first kappa shape index (κ1) is 9.19. The van der Waals surface area contributed by atoms with Crippen LogP contribution in [0.5, 0.6) is 5.75 Å². The summed E-state index contributed by atoms with van der Waals surface area (Å²) in [5.74, 6) is 0.350. The molecule has 3 heteroatoms. The fraction of sp³-hybridized carbons (Fsp3) is 0.500. The van der Waals surface area contributed by atoms with Gasteiger partial charge in [-0.15, -0.1) is 0 Å². The molecule has 2 aliphatic rings. The van der Waals surface area contributed by atoms with E-state index in [1.165, 1.54) is 18.5 Å². The van der Waals surface area contributed by atoms with E-state index in [4.69, 9.17) is 0 Å². The molecule has 2 unspecified atom stereocenters. The van der Waals surface area contributed by atoms with Gasteiger partial charge in [0.1, 0.15) is 5.75 Å². The number of nitrogens with zero attached hydrogens (tertiary/aromatic N) is 1. The zero-order valence-corrected chi connectivity index (χ0v) is 8.69. The average molecular weight is 204 g/mol. The standard InChI is InChI=1S/C12H16N2O/c15-12-3-1-9(2-4-12)7-14-8-10-5-11(14)6-13-10/h1-4,10-11,13,15H,5-8H2. The van der Waals surface area contributed by atoms with Crippen LogP contribution in [0.2, 0.25) is 0 Å². The number of fused-ring (bicyclic) bond motifs is 2. The van der Waals surface area contributed by atoms with Crippen molar-refractivity contribution in [3.05, 3.63) is 29.8 Å². The maximum Gasteiger partial charge on any atom is 0.115 e. The highest BCUT2D eigenvalue weighted by molar-refractivity contribution is 5.26. The Hall–Kier alpha value is -1.06. The molecule has 0 radical (unpaired) electrons. The van der Waals surface area contributed by atoms with E-state index in [-0.39, 0.29) is 0 Å². The predicted molar refractivity (Wildman–Crippen MR) is 58.7 cm³/mol. The van der Waals surface area contributed by atoms with E-state index >= 15 is 0 Å². The third-order valence-electron chi connectivity index (χ3n) is 3.49. The molecule has 0 aromatic heterocycles. The molecule has 3 nitrogen and oxygen atoms in total. The van der Waals surface area contributed by atoms with Gasteiger partial charge in [0.05, 0.1) is 0 Å². The van der Waals surface area contributed by atoms with Gasteiger partial charge in [0, 0.05) is 31.7 Å². The van der Waals surface area contributed by atoms with Gasteiger partial charge in [-0.05, 0) is 24.1 Å². The van der Waals surface area contributed by atoms with Crippen molar-refractivity contribution in [3.8, 4) is 5.75 Å². The summed E-state index contributed by atoms with van der Waals surface area (Å²) in [7, 11) is 0. The molecule has 2 bridgehead atoms. The number of benzene rings is 1. The van der Waals surface area contributed by atoms with Crippen molar-refractivity contribution in [2.24, 2.45) is 0 Å². The van der Waals surface area contributed by atoms with Crippen LogP contribution in [0.25, 0.3) is 0 Å². The SMILES string of the molecule is Oc1ccc(CN2CC3CC2CN3)cc1. The first-order valence-electron chi connectivity index (χ1n) is 5.56. The Morgan fingerprint density at radius 2 is 2.13 bits per heavy atom. The van der Waals surface area contributed by atoms with Crippen LogP contribution in [-0.2, 0) is 6.54 Å². The molecule has 3 rings (SSSR count). The number of likely N-dealkylation sites (tertiary alicyclic amines) is 1. The minimum absolute atomic E-state index is 0.350. The van der Waals surface area contributed by atoms with E-state index in [9.17, 15) is 5.11 Å². The average Bonchev–Trinajstić information content (AvgIpc) is 2.83. The van der Waals surface area contributed by atoms with E-state index in [1.54, 1.807) is 12.1 Å². The van der Waals surface area contributed by atoms with Gasteiger partial charge < -0.3 is 10.4 Å². The molecule has 0 saturated carbocycles. The van der Waals surface area contributed by atoms with Crippen LogP contribution in [0.4, 0.5) is 0 Å². The molecular weight excluding hydrogens is 188 g/mol. The summed E-state index contributed by atoms with van der Waals surface area (Å²) in [6, 6.07) is 8.99. The highest BCUT2D eigenvalue weighted by atomic mass is 16.3. The van der Waals surface area contributed by atoms with Crippen LogP contribution in [0.15, 0.2) is 24.3 Å². The summed E-state index contributed by atoms with van der Waals surface area (Å²) in [5.41, 5.74) is 1.29. The summed E-state index contributed by atoms with van der Waals surface area (Å²) in [6.07, 6.45) is 1.30. The monoisotopic (exact) mass is 204 g/mol. The summed E-state index contributed by atoms with van der Waals surface area (Å²) in [5, 5.41) is 12.7. The quantitative estimate of drug-likeness (QED) is 0.752. The number of nitrogens with one attached hydrogen (secondary N) is 1. The molecular formula is C12H16N2O. The van der Waals surface area contributed by atoms with Gasteiger partial charge in [-0.1, -0.05) is 12.1 Å². The summed E-state index contributed by atoms with van der Waals surface area (Å²) >= 11 is 0. The fourth-order valence-corrected chi connectivity index (χ4v) is 2.68. The molecule has 0 amide bonds. The summed E-state index contributed by atoms with van der Waals surface area (Å²) in [6.45, 7) is 3.33. The Morgan fingerprint density at radius 3 is 2.73 bits per heavy atom. The van der Waals surface area contributed by atoms with Gasteiger partial charge in [-0.25, -0.2) is 0 Å². The second kappa shape index (κ2) is 3.51. The fourth-order valence-electron chi connectivity index (χ4n) is 2.68. The van der Waals surface area contributed by atoms with Crippen LogP contribution in [-0.4, -0.2) is 35.2 Å². The molecule has 1 aromatic carbocycles. The van der Waals surface area contributed by atoms with Gasteiger partial charge in [0.25, 0.3) is 0 Å². The predicted octanol–water partition coefficient (Wildman–Crippen LogP) is 0.938. The van der Waals surface area contributed by atoms with Gasteiger partial charge >= 0.3 is 0 Å². The zero-order valence-electron chi connectivity index (χ0n) is 8.69. The molecule has 2 N–H and O–H groups in total. The van der Waals surface area contributed by atoms with Crippen LogP contribution < -0.4 is 5.32 Å². The van der Waals surface area contributed by atoms with E-state index in [0.29, 0.717) is 11.8 Å². The second-order valence-corrected chi connectivity index (χ2v) is 4.59. The molecule has 0 aliphatic carbocycles. The molecule has 2 fully saturated rings. The third kappa shape index (κ3) is 1.73. The Kier molecular flexibility index (Phi) is 2.15. The van der Waals surface area contributed by atoms with E-state index in [0.717, 1.165) is 19.1 Å². The van der Waals surface area contributed by atoms with Crippen LogP contribution in [0.3, 0.4) is 0 Å². The number of hydrogen-bond acceptors (Lipinski definition) is 3. The normalized spacial score (nSPS) is 29.9. The van der Waals surface area contributed by atoms with Crippen LogP contribution >= 0.6 is 0 Å². The molecule has 80 valence electrons. The van der Waals surface area contributed by atoms with E-state index < -0.39 is 0 Å². The molecule has 2 atom stereocenters. The highest BCUT2D eigenvalue weighted by Crippen LogP contribution is 2.25. The third-order valence-corrected chi connectivity index (χ3v) is 3.49. The Bertz CT molecular complexity index is 349. The largest absolute Gasteiger partial charge is 0.508 e. The summed E-state index contributed by atoms with van der Waals surface area (Å²) < 4.78 is 0. The van der Waals surface area contributed by atoms with Crippen LogP contribution in [0, 0.1) is 0 Å². The van der Waals surface area contributed by atoms with Gasteiger partial charge in [0.2, 0.25) is 0 Å². The number of phenolic OH excluding ortho intramolecular Hbond substituents is 1. The van der Waals surface area contributed by atoms with Gasteiger partial charge in [-0.2, -0.15) is 0 Å². The van der Waals surface area contributed by atoms with Crippen molar-refractivity contribution in [3.63, 3.8) is 0 Å². The maximum absolute atomic E-state index is 9.20. The van der Waals surface area contributed by atoms with Crippen molar-refractivity contribution in [2.75, 3.05) is 13.1 Å². The molecule has 2 saturated heterocycles. The van der Waals surface area contributed by atoms with Crippen LogP contribution in [0.1, 0.15) is 12.0 Å². The van der Waals surface area contributed by atoms with Crippen molar-refractivity contribution in [1.82, 2.24) is 10.2 Å². The topological polar surface area (TPSA) is 35.5 Å². The zero-order chi connectivity index (χ0) is 10.3. The van der Waals surface area contributed by atoms with Crippen molar-refractivity contribution in [2.45, 2.75) is 25.0 Å². The van der Waals surface area contributed by atoms with Crippen molar-refractivity contribution in [1.29, 1.82) is 0 Å². The molecule has 15 heavy (non-hydrogen) atoms. The van der Waals surface area contributed by atoms with Gasteiger partial charge in [0.15, 0.2) is 0 Å². The van der Waals surface area contributed by atoms with E-state index in [2.05, 4.69) is 10.2 Å². The van der Waals surface area contributed by atoms with Gasteiger partial charge in [-0.3, -0.25) is 4.90 Å². The van der Waals surface area contributed by atoms with Crippen molar-refractivity contribution < 1.29 is 5.11 Å². The Labute approximate surface area is 89.7 Å². The number of aromatic hydroxyl groups is 1. The highest BCUT2D eigenvalue weighted by Gasteiger charge is 2.36. The summed E-state index contributed by atoms with van der Waals surface area (Å²) in [4.78, 5) is 2.54. The Morgan fingerprint density at radius 1 is 1.33 bits per heavy atom. The lowest BCUT2D eigenvalue weighted by Crippen LogP contribution is -2.42. The Balaban J connectivity index is 1.68. The number of phenols is 1.